The number of amides is 2. The highest BCUT2D eigenvalue weighted by molar-refractivity contribution is 7.99. The van der Waals surface area contributed by atoms with Crippen LogP contribution in [0.1, 0.15) is 45.6 Å². The standard InChI is InChI=1S/C37H40N6O5S2/c1-24-39-28(22-49-24)19-32-42-43-37(48-32)50-23-30-21-38-20-29(47-30)18-17-25-11-9-10-16-31(25)40-35(44)34(41-36(45)46-2)33(26-12-5-3-6-13-26)27-14-7-4-8-15-27/h3-16,22,29-30,33-34,38H,17-21,23H2,1-2H3,(H,40,44)(H,41,45)/t29-,30+,34?/m1/s1. The summed E-state index contributed by atoms with van der Waals surface area (Å²) in [5.74, 6) is 0.416. The second kappa shape index (κ2) is 17.4. The van der Waals surface area contributed by atoms with Gasteiger partial charge in [-0.05, 0) is 42.5 Å². The largest absolute Gasteiger partial charge is 0.453 e. The molecular formula is C37H40N6O5S2. The lowest BCUT2D eigenvalue weighted by Crippen LogP contribution is -2.48. The number of morpholine rings is 1. The van der Waals surface area contributed by atoms with Gasteiger partial charge in [0.25, 0.3) is 5.22 Å². The van der Waals surface area contributed by atoms with Gasteiger partial charge in [-0.2, -0.15) is 0 Å². The molecule has 0 spiro atoms. The molecule has 2 amide bonds. The van der Waals surface area contributed by atoms with E-state index in [1.165, 1.54) is 18.9 Å². The van der Waals surface area contributed by atoms with Gasteiger partial charge in [0, 0.05) is 35.8 Å². The Morgan fingerprint density at radius 1 is 0.980 bits per heavy atom. The predicted octanol–water partition coefficient (Wildman–Crippen LogP) is 6.00. The first kappa shape index (κ1) is 35.3. The number of carbonyl (C=O) groups excluding carboxylic acids is 2. The fourth-order valence-electron chi connectivity index (χ4n) is 5.99. The number of alkyl carbamates (subject to hydrolysis) is 1. The van der Waals surface area contributed by atoms with Gasteiger partial charge >= 0.3 is 6.09 Å². The Hall–Kier alpha value is -4.56. The van der Waals surface area contributed by atoms with Crippen LogP contribution in [-0.4, -0.2) is 71.4 Å². The molecule has 260 valence electrons. The number of ether oxygens (including phenoxy) is 2. The van der Waals surface area contributed by atoms with Gasteiger partial charge in [-0.15, -0.1) is 21.5 Å². The van der Waals surface area contributed by atoms with Crippen molar-refractivity contribution in [2.75, 3.05) is 31.3 Å². The van der Waals surface area contributed by atoms with Gasteiger partial charge in [-0.25, -0.2) is 9.78 Å². The molecule has 11 nitrogen and oxygen atoms in total. The van der Waals surface area contributed by atoms with Crippen molar-refractivity contribution in [2.24, 2.45) is 0 Å². The monoisotopic (exact) mass is 712 g/mol. The molecule has 3 atom stereocenters. The molecule has 1 fully saturated rings. The van der Waals surface area contributed by atoms with Gasteiger partial charge in [-0.3, -0.25) is 4.79 Å². The van der Waals surface area contributed by atoms with Crippen LogP contribution in [-0.2, 0) is 27.1 Å². The normalized spacial score (nSPS) is 16.5. The summed E-state index contributed by atoms with van der Waals surface area (Å²) in [7, 11) is 1.29. The first-order chi connectivity index (χ1) is 24.4. The van der Waals surface area contributed by atoms with Crippen LogP contribution in [0.25, 0.3) is 0 Å². The van der Waals surface area contributed by atoms with E-state index in [0.717, 1.165) is 46.9 Å². The Bertz CT molecular complexity index is 1800. The molecule has 50 heavy (non-hydrogen) atoms. The fourth-order valence-corrected chi connectivity index (χ4v) is 7.38. The van der Waals surface area contributed by atoms with Crippen LogP contribution in [0.15, 0.2) is 99.9 Å². The molecule has 13 heteroatoms. The highest BCUT2D eigenvalue weighted by Crippen LogP contribution is 2.30. The zero-order valence-electron chi connectivity index (χ0n) is 27.9. The summed E-state index contributed by atoms with van der Waals surface area (Å²) in [6.45, 7) is 3.44. The molecule has 5 aromatic rings. The number of carbonyl (C=O) groups is 2. The van der Waals surface area contributed by atoms with Crippen molar-refractivity contribution >= 4 is 40.8 Å². The lowest BCUT2D eigenvalue weighted by molar-refractivity contribution is -0.118. The van der Waals surface area contributed by atoms with E-state index in [4.69, 9.17) is 13.9 Å². The first-order valence-corrected chi connectivity index (χ1v) is 18.4. The zero-order valence-corrected chi connectivity index (χ0v) is 29.5. The highest BCUT2D eigenvalue weighted by atomic mass is 32.2. The maximum absolute atomic E-state index is 14.1. The maximum Gasteiger partial charge on any atom is 0.407 e. The molecule has 0 aliphatic carbocycles. The van der Waals surface area contributed by atoms with Crippen molar-refractivity contribution in [3.8, 4) is 0 Å². The number of rotatable bonds is 14. The molecule has 1 saturated heterocycles. The molecule has 3 N–H and O–H groups in total. The number of nitrogens with one attached hydrogen (secondary N) is 3. The fraction of sp³-hybridized carbons (Fsp3) is 0.324. The van der Waals surface area contributed by atoms with E-state index < -0.39 is 18.1 Å². The van der Waals surface area contributed by atoms with E-state index in [1.807, 2.05) is 97.2 Å². The third-order valence-corrected chi connectivity index (χ3v) is 10.1. The number of methoxy groups -OCH3 is 1. The van der Waals surface area contributed by atoms with Crippen LogP contribution in [0, 0.1) is 6.92 Å². The molecule has 1 aliphatic rings. The number of anilines is 1. The minimum atomic E-state index is -0.948. The number of aromatic nitrogens is 3. The summed E-state index contributed by atoms with van der Waals surface area (Å²) in [5.41, 5.74) is 4.37. The van der Waals surface area contributed by atoms with Crippen molar-refractivity contribution in [1.29, 1.82) is 0 Å². The van der Waals surface area contributed by atoms with Crippen LogP contribution in [0.4, 0.5) is 10.5 Å². The summed E-state index contributed by atoms with van der Waals surface area (Å²) < 4.78 is 17.2. The Balaban J connectivity index is 1.08. The van der Waals surface area contributed by atoms with Gasteiger partial charge in [0.15, 0.2) is 0 Å². The van der Waals surface area contributed by atoms with E-state index >= 15 is 0 Å². The number of thiazole rings is 1. The molecule has 0 radical (unpaired) electrons. The quantitative estimate of drug-likeness (QED) is 0.117. The van der Waals surface area contributed by atoms with Crippen molar-refractivity contribution in [1.82, 2.24) is 25.8 Å². The lowest BCUT2D eigenvalue weighted by atomic mass is 9.84. The summed E-state index contributed by atoms with van der Waals surface area (Å²) in [6.07, 6.45) is 1.23. The highest BCUT2D eigenvalue weighted by Gasteiger charge is 2.33. The number of aryl methyl sites for hydroxylation is 2. The van der Waals surface area contributed by atoms with Crippen molar-refractivity contribution in [2.45, 2.75) is 55.6 Å². The number of para-hydroxylation sites is 1. The Morgan fingerprint density at radius 2 is 1.68 bits per heavy atom. The summed E-state index contributed by atoms with van der Waals surface area (Å²) in [5, 5.41) is 21.3. The van der Waals surface area contributed by atoms with Crippen molar-refractivity contribution in [3.63, 3.8) is 0 Å². The van der Waals surface area contributed by atoms with Gasteiger partial charge in [0.2, 0.25) is 11.8 Å². The van der Waals surface area contributed by atoms with Crippen molar-refractivity contribution in [3.05, 3.63) is 124 Å². The average molecular weight is 713 g/mol. The predicted molar refractivity (Wildman–Crippen MR) is 194 cm³/mol. The van der Waals surface area contributed by atoms with Gasteiger partial charge in [-0.1, -0.05) is 90.6 Å². The molecule has 3 heterocycles. The van der Waals surface area contributed by atoms with Gasteiger partial charge < -0.3 is 29.8 Å². The molecular weight excluding hydrogens is 673 g/mol. The third-order valence-electron chi connectivity index (χ3n) is 8.37. The molecule has 0 saturated carbocycles. The maximum atomic E-state index is 14.1. The Morgan fingerprint density at radius 3 is 2.38 bits per heavy atom. The van der Waals surface area contributed by atoms with E-state index in [-0.39, 0.29) is 18.1 Å². The van der Waals surface area contributed by atoms with Gasteiger partial charge in [0.05, 0.1) is 36.4 Å². The van der Waals surface area contributed by atoms with Crippen LogP contribution in [0.5, 0.6) is 0 Å². The second-order valence-corrected chi connectivity index (χ2v) is 14.0. The summed E-state index contributed by atoms with van der Waals surface area (Å²) in [4.78, 5) is 31.1. The smallest absolute Gasteiger partial charge is 0.407 e. The summed E-state index contributed by atoms with van der Waals surface area (Å²) in [6, 6.07) is 26.2. The van der Waals surface area contributed by atoms with E-state index in [0.29, 0.717) is 35.4 Å². The van der Waals surface area contributed by atoms with E-state index in [9.17, 15) is 9.59 Å². The number of thioether (sulfide) groups is 1. The van der Waals surface area contributed by atoms with E-state index in [1.54, 1.807) is 11.3 Å². The van der Waals surface area contributed by atoms with Crippen molar-refractivity contribution < 1.29 is 23.5 Å². The van der Waals surface area contributed by atoms with Crippen LogP contribution < -0.4 is 16.0 Å². The van der Waals surface area contributed by atoms with Crippen LogP contribution >= 0.6 is 23.1 Å². The Labute approximate surface area is 299 Å². The topological polar surface area (TPSA) is 140 Å². The number of hydrogen-bond donors (Lipinski definition) is 3. The van der Waals surface area contributed by atoms with Crippen LogP contribution in [0.3, 0.4) is 0 Å². The van der Waals surface area contributed by atoms with Gasteiger partial charge in [0.1, 0.15) is 6.04 Å². The summed E-state index contributed by atoms with van der Waals surface area (Å²) >= 11 is 3.09. The minimum Gasteiger partial charge on any atom is -0.453 e. The number of nitrogens with zero attached hydrogens (tertiary/aromatic N) is 3. The minimum absolute atomic E-state index is 0.0152. The molecule has 2 aromatic heterocycles. The second-order valence-electron chi connectivity index (χ2n) is 11.9. The lowest BCUT2D eigenvalue weighted by Gasteiger charge is -2.31. The number of benzene rings is 3. The zero-order chi connectivity index (χ0) is 34.7. The molecule has 6 rings (SSSR count). The molecule has 1 aliphatic heterocycles. The molecule has 1 unspecified atom stereocenters. The molecule has 0 bridgehead atoms. The molecule has 3 aromatic carbocycles. The third kappa shape index (κ3) is 9.57. The number of hydrogen-bond acceptors (Lipinski definition) is 11. The first-order valence-electron chi connectivity index (χ1n) is 16.5. The van der Waals surface area contributed by atoms with Crippen LogP contribution in [0.2, 0.25) is 0 Å². The van der Waals surface area contributed by atoms with E-state index in [2.05, 4.69) is 31.1 Å². The SMILES string of the molecule is COC(=O)NC(C(=O)Nc1ccccc1CC[C@@H]1CNC[C@@H](CSc2nnc(Cc3csc(C)n3)o2)O1)C(c1ccccc1)c1ccccc1. The average Bonchev–Trinajstić information content (AvgIpc) is 3.78. The Kier molecular flexibility index (Phi) is 12.3.